The molecule has 1 N–H and O–H groups in total. The summed E-state index contributed by atoms with van der Waals surface area (Å²) in [6.07, 6.45) is 1.59. The molecule has 0 aliphatic rings. The Hall–Kier alpha value is -4.59. The van der Waals surface area contributed by atoms with Gasteiger partial charge in [0, 0.05) is 16.3 Å². The minimum Gasteiger partial charge on any atom is -0.488 e. The lowest BCUT2D eigenvalue weighted by atomic mass is 10.0. The van der Waals surface area contributed by atoms with E-state index >= 15 is 0 Å². The molecule has 0 radical (unpaired) electrons. The summed E-state index contributed by atoms with van der Waals surface area (Å²) in [5, 5.41) is 17.3. The smallest absolute Gasteiger partial charge is 0.266 e. The second kappa shape index (κ2) is 10.6. The number of halogens is 1. The monoisotopic (exact) mass is 502 g/mol. The van der Waals surface area contributed by atoms with Crippen LogP contribution >= 0.6 is 11.6 Å². The molecule has 0 unspecified atom stereocenters. The first-order chi connectivity index (χ1) is 18.0. The molecule has 0 aromatic heterocycles. The first kappa shape index (κ1) is 24.1. The normalized spacial score (nSPS) is 11.3. The lowest BCUT2D eigenvalue weighted by Crippen LogP contribution is -2.14. The highest BCUT2D eigenvalue weighted by atomic mass is 35.5. The van der Waals surface area contributed by atoms with E-state index in [1.54, 1.807) is 18.2 Å². The molecular formula is C32H23ClN2O2. The summed E-state index contributed by atoms with van der Waals surface area (Å²) in [5.41, 5.74) is 3.10. The number of fused-ring (bicyclic) bond motifs is 2. The molecule has 0 saturated heterocycles. The van der Waals surface area contributed by atoms with Crippen molar-refractivity contribution in [3.8, 4) is 11.8 Å². The van der Waals surface area contributed by atoms with Crippen LogP contribution in [-0.2, 0) is 11.4 Å². The maximum absolute atomic E-state index is 13.1. The van der Waals surface area contributed by atoms with E-state index in [0.29, 0.717) is 28.6 Å². The van der Waals surface area contributed by atoms with Crippen LogP contribution in [0, 0.1) is 18.3 Å². The van der Waals surface area contributed by atoms with Gasteiger partial charge in [-0.3, -0.25) is 4.79 Å². The van der Waals surface area contributed by atoms with E-state index < -0.39 is 5.91 Å². The minimum atomic E-state index is -0.513. The Labute approximate surface area is 220 Å². The Balaban J connectivity index is 1.52. The summed E-state index contributed by atoms with van der Waals surface area (Å²) >= 11 is 6.10. The van der Waals surface area contributed by atoms with Gasteiger partial charge >= 0.3 is 0 Å². The van der Waals surface area contributed by atoms with Crippen LogP contribution in [0.15, 0.2) is 103 Å². The topological polar surface area (TPSA) is 62.1 Å². The average Bonchev–Trinajstić information content (AvgIpc) is 2.92. The van der Waals surface area contributed by atoms with Crippen LogP contribution in [0.2, 0.25) is 5.02 Å². The van der Waals surface area contributed by atoms with Gasteiger partial charge in [-0.2, -0.15) is 5.26 Å². The third-order valence-corrected chi connectivity index (χ3v) is 6.53. The number of benzene rings is 5. The molecule has 5 rings (SSSR count). The Bertz CT molecular complexity index is 1710. The van der Waals surface area contributed by atoms with Gasteiger partial charge in [0.1, 0.15) is 24.0 Å². The Morgan fingerprint density at radius 1 is 0.919 bits per heavy atom. The maximum Gasteiger partial charge on any atom is 0.266 e. The number of carbonyl (C=O) groups excluding carboxylic acids is 1. The van der Waals surface area contributed by atoms with Gasteiger partial charge in [-0.1, -0.05) is 90.5 Å². The summed E-state index contributed by atoms with van der Waals surface area (Å²) in [4.78, 5) is 13.1. The molecule has 0 heterocycles. The third-order valence-electron chi connectivity index (χ3n) is 6.30. The van der Waals surface area contributed by atoms with E-state index in [-0.39, 0.29) is 5.57 Å². The van der Waals surface area contributed by atoms with Crippen LogP contribution in [0.25, 0.3) is 27.6 Å². The zero-order valence-electron chi connectivity index (χ0n) is 20.2. The summed E-state index contributed by atoms with van der Waals surface area (Å²) < 4.78 is 6.31. The molecule has 0 aliphatic carbocycles. The molecule has 5 aromatic rings. The van der Waals surface area contributed by atoms with Crippen LogP contribution in [0.3, 0.4) is 0 Å². The highest BCUT2D eigenvalue weighted by molar-refractivity contribution is 6.31. The fourth-order valence-corrected chi connectivity index (χ4v) is 4.51. The fourth-order valence-electron chi connectivity index (χ4n) is 4.34. The highest BCUT2D eigenvalue weighted by Crippen LogP contribution is 2.32. The number of carbonyl (C=O) groups is 1. The Morgan fingerprint density at radius 3 is 2.41 bits per heavy atom. The van der Waals surface area contributed by atoms with Crippen LogP contribution in [0.4, 0.5) is 5.69 Å². The summed E-state index contributed by atoms with van der Waals surface area (Å²) in [7, 11) is 0. The molecule has 37 heavy (non-hydrogen) atoms. The number of rotatable bonds is 6. The first-order valence-corrected chi connectivity index (χ1v) is 12.2. The van der Waals surface area contributed by atoms with Crippen LogP contribution in [0.1, 0.15) is 16.7 Å². The first-order valence-electron chi connectivity index (χ1n) is 11.8. The molecule has 0 spiro atoms. The molecule has 5 aromatic carbocycles. The predicted octanol–water partition coefficient (Wildman–Crippen LogP) is 8.08. The van der Waals surface area contributed by atoms with Crippen LogP contribution in [0.5, 0.6) is 5.75 Å². The van der Waals surface area contributed by atoms with E-state index in [1.165, 1.54) is 0 Å². The molecule has 0 fully saturated rings. The number of hydrogen-bond donors (Lipinski definition) is 1. The van der Waals surface area contributed by atoms with Crippen LogP contribution < -0.4 is 10.1 Å². The van der Waals surface area contributed by atoms with Gasteiger partial charge in [0.25, 0.3) is 5.91 Å². The quantitative estimate of drug-likeness (QED) is 0.188. The van der Waals surface area contributed by atoms with E-state index in [1.807, 2.05) is 73.7 Å². The minimum absolute atomic E-state index is 0.0364. The number of nitrogens with zero attached hydrogens (tertiary/aromatic N) is 1. The largest absolute Gasteiger partial charge is 0.488 e. The number of nitriles is 1. The van der Waals surface area contributed by atoms with Gasteiger partial charge < -0.3 is 10.1 Å². The third kappa shape index (κ3) is 5.18. The molecule has 5 heteroatoms. The van der Waals surface area contributed by atoms with Crippen molar-refractivity contribution in [1.29, 1.82) is 5.26 Å². The van der Waals surface area contributed by atoms with E-state index in [2.05, 4.69) is 29.6 Å². The highest BCUT2D eigenvalue weighted by Gasteiger charge is 2.15. The molecule has 180 valence electrons. The standard InChI is InChI=1S/C32H23ClN2O2/c1-21-13-15-26(33)18-30(21)35-32(36)25(19-34)17-29-28-12-5-3-8-23(28)14-16-31(29)37-20-24-10-6-9-22-7-2-4-11-27(22)24/h2-18H,20H2,1H3,(H,35,36)/b25-17+. The van der Waals surface area contributed by atoms with Gasteiger partial charge in [0.15, 0.2) is 0 Å². The van der Waals surface area contributed by atoms with E-state index in [0.717, 1.165) is 32.7 Å². The average molecular weight is 503 g/mol. The number of aryl methyl sites for hydroxylation is 1. The van der Waals surface area contributed by atoms with Crippen LogP contribution in [-0.4, -0.2) is 5.91 Å². The van der Waals surface area contributed by atoms with Crippen molar-refractivity contribution >= 4 is 50.8 Å². The number of ether oxygens (including phenoxy) is 1. The molecular weight excluding hydrogens is 480 g/mol. The Kier molecular flexibility index (Phi) is 6.89. The number of amides is 1. The fraction of sp³-hybridized carbons (Fsp3) is 0.0625. The van der Waals surface area contributed by atoms with Gasteiger partial charge in [0.2, 0.25) is 0 Å². The summed E-state index contributed by atoms with van der Waals surface area (Å²) in [6.45, 7) is 2.21. The molecule has 0 bridgehead atoms. The molecule has 4 nitrogen and oxygen atoms in total. The van der Waals surface area contributed by atoms with Gasteiger partial charge in [-0.15, -0.1) is 0 Å². The summed E-state index contributed by atoms with van der Waals surface area (Å²) in [6, 6.07) is 33.3. The van der Waals surface area contributed by atoms with E-state index in [4.69, 9.17) is 16.3 Å². The van der Waals surface area contributed by atoms with Crippen molar-refractivity contribution in [1.82, 2.24) is 0 Å². The Morgan fingerprint density at radius 2 is 1.62 bits per heavy atom. The second-order valence-electron chi connectivity index (χ2n) is 8.71. The predicted molar refractivity (Wildman–Crippen MR) is 151 cm³/mol. The number of nitrogens with one attached hydrogen (secondary N) is 1. The van der Waals surface area contributed by atoms with Gasteiger partial charge in [-0.25, -0.2) is 0 Å². The van der Waals surface area contributed by atoms with Crippen molar-refractivity contribution in [2.75, 3.05) is 5.32 Å². The zero-order chi connectivity index (χ0) is 25.8. The molecule has 1 amide bonds. The number of anilines is 1. The lowest BCUT2D eigenvalue weighted by Gasteiger charge is -2.14. The van der Waals surface area contributed by atoms with E-state index in [9.17, 15) is 10.1 Å². The maximum atomic E-state index is 13.1. The van der Waals surface area contributed by atoms with Gasteiger partial charge in [-0.05, 0) is 63.9 Å². The van der Waals surface area contributed by atoms with Crippen molar-refractivity contribution < 1.29 is 9.53 Å². The zero-order valence-corrected chi connectivity index (χ0v) is 20.9. The van der Waals surface area contributed by atoms with Crippen molar-refractivity contribution in [3.05, 3.63) is 124 Å². The van der Waals surface area contributed by atoms with Crippen molar-refractivity contribution in [2.45, 2.75) is 13.5 Å². The summed E-state index contributed by atoms with van der Waals surface area (Å²) in [5.74, 6) is 0.0759. The SMILES string of the molecule is Cc1ccc(Cl)cc1NC(=O)/C(C#N)=C/c1c(OCc2cccc3ccccc23)ccc2ccccc12. The molecule has 0 atom stereocenters. The van der Waals surface area contributed by atoms with Crippen molar-refractivity contribution in [2.24, 2.45) is 0 Å². The van der Waals surface area contributed by atoms with Crippen molar-refractivity contribution in [3.63, 3.8) is 0 Å². The second-order valence-corrected chi connectivity index (χ2v) is 9.15. The molecule has 0 saturated carbocycles. The van der Waals surface area contributed by atoms with Gasteiger partial charge in [0.05, 0.1) is 0 Å². The molecule has 0 aliphatic heterocycles. The number of hydrogen-bond acceptors (Lipinski definition) is 3. The lowest BCUT2D eigenvalue weighted by molar-refractivity contribution is -0.112.